The van der Waals surface area contributed by atoms with E-state index < -0.39 is 18.4 Å². The van der Waals surface area contributed by atoms with Crippen LogP contribution in [-0.4, -0.2) is 24.3 Å². The molecular formula is C19H18O5. The third-order valence-corrected chi connectivity index (χ3v) is 3.22. The maximum atomic E-state index is 12.4. The van der Waals surface area contributed by atoms with Gasteiger partial charge in [-0.25, -0.2) is 0 Å². The molecule has 2 aromatic rings. The van der Waals surface area contributed by atoms with Crippen LogP contribution < -0.4 is 0 Å². The molecule has 0 N–H and O–H groups in total. The van der Waals surface area contributed by atoms with Crippen molar-refractivity contribution in [3.63, 3.8) is 0 Å². The van der Waals surface area contributed by atoms with E-state index in [-0.39, 0.29) is 19.0 Å². The van der Waals surface area contributed by atoms with Crippen LogP contribution in [0.4, 0.5) is 0 Å². The van der Waals surface area contributed by atoms with Crippen LogP contribution >= 0.6 is 0 Å². The third kappa shape index (κ3) is 5.05. The van der Waals surface area contributed by atoms with Gasteiger partial charge in [0.2, 0.25) is 0 Å². The van der Waals surface area contributed by atoms with Crippen molar-refractivity contribution in [2.75, 3.05) is 6.61 Å². The first kappa shape index (κ1) is 17.4. The molecule has 0 aromatic heterocycles. The van der Waals surface area contributed by atoms with E-state index in [1.165, 1.54) is 0 Å². The van der Waals surface area contributed by atoms with Crippen LogP contribution in [0.3, 0.4) is 0 Å². The number of hydrogen-bond acceptors (Lipinski definition) is 5. The van der Waals surface area contributed by atoms with E-state index in [1.54, 1.807) is 55.5 Å². The minimum absolute atomic E-state index is 0.00581. The molecule has 0 saturated heterocycles. The highest BCUT2D eigenvalue weighted by molar-refractivity contribution is 6.09. The van der Waals surface area contributed by atoms with Gasteiger partial charge in [0.1, 0.15) is 13.0 Å². The summed E-state index contributed by atoms with van der Waals surface area (Å²) in [4.78, 5) is 35.1. The first-order valence-electron chi connectivity index (χ1n) is 7.60. The smallest absolute Gasteiger partial charge is 0.317 e. The average Bonchev–Trinajstić information content (AvgIpc) is 2.60. The fourth-order valence-corrected chi connectivity index (χ4v) is 2.10. The van der Waals surface area contributed by atoms with Crippen molar-refractivity contribution in [2.45, 2.75) is 20.0 Å². The standard InChI is InChI=1S/C19H18O5/c1-2-23-17(20)12-18(21)24-13-14-7-6-10-16(11-14)19(22)15-8-4-3-5-9-15/h3-11H,2,12-13H2,1H3. The second kappa shape index (κ2) is 8.62. The Kier molecular flexibility index (Phi) is 6.25. The summed E-state index contributed by atoms with van der Waals surface area (Å²) in [6.45, 7) is 1.88. The SMILES string of the molecule is CCOC(=O)CC(=O)OCc1cccc(C(=O)c2ccccc2)c1. The van der Waals surface area contributed by atoms with Crippen molar-refractivity contribution in [1.29, 1.82) is 0 Å². The van der Waals surface area contributed by atoms with Crippen molar-refractivity contribution in [3.05, 3.63) is 71.3 Å². The molecule has 5 nitrogen and oxygen atoms in total. The molecule has 0 bridgehead atoms. The topological polar surface area (TPSA) is 69.7 Å². The first-order chi connectivity index (χ1) is 11.6. The Bertz CT molecular complexity index is 722. The molecule has 0 aliphatic carbocycles. The number of rotatable bonds is 7. The molecule has 0 aliphatic heterocycles. The molecular weight excluding hydrogens is 308 g/mol. The molecule has 0 spiro atoms. The molecule has 0 saturated carbocycles. The van der Waals surface area contributed by atoms with Crippen molar-refractivity contribution in [2.24, 2.45) is 0 Å². The summed E-state index contributed by atoms with van der Waals surface area (Å²) in [6, 6.07) is 15.8. The molecule has 0 atom stereocenters. The molecule has 2 aromatic carbocycles. The van der Waals surface area contributed by atoms with Crippen molar-refractivity contribution in [3.8, 4) is 0 Å². The van der Waals surface area contributed by atoms with Gasteiger partial charge in [-0.15, -0.1) is 0 Å². The van der Waals surface area contributed by atoms with E-state index in [9.17, 15) is 14.4 Å². The lowest BCUT2D eigenvalue weighted by Gasteiger charge is -2.07. The van der Waals surface area contributed by atoms with E-state index in [0.717, 1.165) is 0 Å². The minimum Gasteiger partial charge on any atom is -0.466 e. The Labute approximate surface area is 140 Å². The minimum atomic E-state index is -0.659. The molecule has 124 valence electrons. The Hall–Kier alpha value is -2.95. The predicted octanol–water partition coefficient (Wildman–Crippen LogP) is 2.91. The van der Waals surface area contributed by atoms with E-state index in [0.29, 0.717) is 16.7 Å². The number of esters is 2. The van der Waals surface area contributed by atoms with Gasteiger partial charge in [-0.2, -0.15) is 0 Å². The lowest BCUT2D eigenvalue weighted by molar-refractivity contribution is -0.155. The molecule has 0 radical (unpaired) electrons. The van der Waals surface area contributed by atoms with Crippen LogP contribution in [0, 0.1) is 0 Å². The van der Waals surface area contributed by atoms with Crippen LogP contribution in [0.25, 0.3) is 0 Å². The second-order valence-electron chi connectivity index (χ2n) is 5.04. The van der Waals surface area contributed by atoms with Gasteiger partial charge >= 0.3 is 11.9 Å². The number of benzene rings is 2. The number of carbonyl (C=O) groups excluding carboxylic acids is 3. The lowest BCUT2D eigenvalue weighted by Crippen LogP contribution is -2.13. The van der Waals surface area contributed by atoms with Gasteiger partial charge < -0.3 is 9.47 Å². The van der Waals surface area contributed by atoms with E-state index in [2.05, 4.69) is 4.74 Å². The normalized spacial score (nSPS) is 10.0. The van der Waals surface area contributed by atoms with Crippen molar-refractivity contribution in [1.82, 2.24) is 0 Å². The van der Waals surface area contributed by atoms with Crippen LogP contribution in [0.5, 0.6) is 0 Å². The molecule has 0 unspecified atom stereocenters. The van der Waals surface area contributed by atoms with Gasteiger partial charge in [-0.05, 0) is 18.6 Å². The molecule has 0 heterocycles. The summed E-state index contributed by atoms with van der Waals surface area (Å²) >= 11 is 0. The van der Waals surface area contributed by atoms with Crippen molar-refractivity contribution < 1.29 is 23.9 Å². The molecule has 5 heteroatoms. The summed E-state index contributed by atoms with van der Waals surface area (Å²) < 4.78 is 9.71. The largest absolute Gasteiger partial charge is 0.466 e. The third-order valence-electron chi connectivity index (χ3n) is 3.22. The summed E-state index contributed by atoms with van der Waals surface area (Å²) in [5.74, 6) is -1.38. The van der Waals surface area contributed by atoms with Gasteiger partial charge in [0.05, 0.1) is 6.61 Å². The number of carbonyl (C=O) groups is 3. The summed E-state index contributed by atoms with van der Waals surface area (Å²) in [5.41, 5.74) is 1.78. The highest BCUT2D eigenvalue weighted by Gasteiger charge is 2.13. The monoisotopic (exact) mass is 326 g/mol. The molecule has 0 fully saturated rings. The van der Waals surface area contributed by atoms with Crippen LogP contribution in [0.1, 0.15) is 34.8 Å². The number of hydrogen-bond donors (Lipinski definition) is 0. The van der Waals surface area contributed by atoms with Gasteiger partial charge in [-0.1, -0.05) is 48.5 Å². The Morgan fingerprint density at radius 2 is 1.50 bits per heavy atom. The molecule has 0 amide bonds. The van der Waals surface area contributed by atoms with Crippen LogP contribution in [-0.2, 0) is 25.7 Å². The summed E-state index contributed by atoms with van der Waals surface area (Å²) in [6.07, 6.45) is -0.420. The van der Waals surface area contributed by atoms with Crippen molar-refractivity contribution >= 4 is 17.7 Å². The maximum absolute atomic E-state index is 12.4. The number of ketones is 1. The summed E-state index contributed by atoms with van der Waals surface area (Å²) in [5, 5.41) is 0. The zero-order valence-electron chi connectivity index (χ0n) is 13.4. The molecule has 2 rings (SSSR count). The zero-order valence-corrected chi connectivity index (χ0v) is 13.4. The Balaban J connectivity index is 1.97. The second-order valence-corrected chi connectivity index (χ2v) is 5.04. The fraction of sp³-hybridized carbons (Fsp3) is 0.211. The van der Waals surface area contributed by atoms with Gasteiger partial charge in [-0.3, -0.25) is 14.4 Å². The number of ether oxygens (including phenoxy) is 2. The Morgan fingerprint density at radius 3 is 2.21 bits per heavy atom. The van der Waals surface area contributed by atoms with E-state index >= 15 is 0 Å². The first-order valence-corrected chi connectivity index (χ1v) is 7.60. The predicted molar refractivity (Wildman–Crippen MR) is 87.4 cm³/mol. The molecule has 0 aliphatic rings. The van der Waals surface area contributed by atoms with E-state index in [1.807, 2.05) is 6.07 Å². The van der Waals surface area contributed by atoms with Crippen LogP contribution in [0.2, 0.25) is 0 Å². The van der Waals surface area contributed by atoms with Gasteiger partial charge in [0.25, 0.3) is 0 Å². The maximum Gasteiger partial charge on any atom is 0.317 e. The fourth-order valence-electron chi connectivity index (χ4n) is 2.10. The van der Waals surface area contributed by atoms with E-state index in [4.69, 9.17) is 4.74 Å². The molecule has 24 heavy (non-hydrogen) atoms. The zero-order chi connectivity index (χ0) is 17.4. The van der Waals surface area contributed by atoms with Gasteiger partial charge in [0.15, 0.2) is 5.78 Å². The highest BCUT2D eigenvalue weighted by Crippen LogP contribution is 2.12. The van der Waals surface area contributed by atoms with Crippen LogP contribution in [0.15, 0.2) is 54.6 Å². The average molecular weight is 326 g/mol. The lowest BCUT2D eigenvalue weighted by atomic mass is 10.0. The Morgan fingerprint density at radius 1 is 0.833 bits per heavy atom. The quantitative estimate of drug-likeness (QED) is 0.444. The van der Waals surface area contributed by atoms with Gasteiger partial charge in [0, 0.05) is 11.1 Å². The summed E-state index contributed by atoms with van der Waals surface area (Å²) in [7, 11) is 0. The highest BCUT2D eigenvalue weighted by atomic mass is 16.6.